The molecular weight excluding hydrogens is 420 g/mol. The van der Waals surface area contributed by atoms with E-state index in [2.05, 4.69) is 10.3 Å². The molecule has 0 fully saturated rings. The third kappa shape index (κ3) is 5.82. The summed E-state index contributed by atoms with van der Waals surface area (Å²) in [6.45, 7) is 6.99. The number of aliphatic hydroxyl groups is 1. The molecule has 0 bridgehead atoms. The second-order valence-corrected chi connectivity index (χ2v) is 8.68. The maximum atomic E-state index is 13.5. The zero-order chi connectivity index (χ0) is 24.0. The second kappa shape index (κ2) is 11.1. The molecule has 0 spiro atoms. The Balaban J connectivity index is 1.96. The van der Waals surface area contributed by atoms with Crippen molar-refractivity contribution < 1.29 is 19.4 Å². The largest absolute Gasteiger partial charge is 0.472 e. The number of carbonyl (C=O) groups excluding carboxylic acids is 2. The van der Waals surface area contributed by atoms with Crippen LogP contribution >= 0.6 is 0 Å². The van der Waals surface area contributed by atoms with Crippen LogP contribution in [0.3, 0.4) is 0 Å². The molecule has 8 nitrogen and oxygen atoms in total. The van der Waals surface area contributed by atoms with Crippen LogP contribution in [0.2, 0.25) is 0 Å². The molecule has 2 N–H and O–H groups in total. The average molecular weight is 455 g/mol. The summed E-state index contributed by atoms with van der Waals surface area (Å²) in [7, 11) is 1.73. The molecule has 8 heteroatoms. The van der Waals surface area contributed by atoms with Crippen molar-refractivity contribution in [1.29, 1.82) is 0 Å². The van der Waals surface area contributed by atoms with Gasteiger partial charge in [-0.3, -0.25) is 4.79 Å². The fourth-order valence-electron chi connectivity index (χ4n) is 3.83. The van der Waals surface area contributed by atoms with Crippen molar-refractivity contribution in [2.75, 3.05) is 33.3 Å². The summed E-state index contributed by atoms with van der Waals surface area (Å²) in [5.41, 5.74) is 2.11. The van der Waals surface area contributed by atoms with Gasteiger partial charge in [0.05, 0.1) is 19.2 Å². The lowest BCUT2D eigenvalue weighted by atomic mass is 9.99. The van der Waals surface area contributed by atoms with Crippen LogP contribution in [0.4, 0.5) is 4.79 Å². The number of likely N-dealkylation sites (N-methyl/N-ethyl adjacent to an activating group) is 1. The molecule has 0 unspecified atom stereocenters. The number of rotatable bonds is 7. The number of hydrogen-bond donors (Lipinski definition) is 2. The number of pyridine rings is 1. The zero-order valence-electron chi connectivity index (χ0n) is 19.8. The van der Waals surface area contributed by atoms with E-state index in [4.69, 9.17) is 4.74 Å². The molecule has 1 aromatic heterocycles. The van der Waals surface area contributed by atoms with Crippen molar-refractivity contribution >= 4 is 11.9 Å². The smallest absolute Gasteiger partial charge is 0.317 e. The predicted octanol–water partition coefficient (Wildman–Crippen LogP) is 3.02. The molecule has 0 radical (unpaired) electrons. The SMILES string of the molecule is CCCNC(=O)N(C)C[C@H]1Oc2ncc(-c3ccccc3)cc2C(=O)N([C@@H](C)CO)C[C@@H]1C. The first kappa shape index (κ1) is 24.5. The summed E-state index contributed by atoms with van der Waals surface area (Å²) in [6.07, 6.45) is 2.17. The number of hydrogen-bond acceptors (Lipinski definition) is 5. The molecule has 2 heterocycles. The number of urea groups is 1. The van der Waals surface area contributed by atoms with Crippen LogP contribution in [0.15, 0.2) is 42.6 Å². The van der Waals surface area contributed by atoms with Crippen LogP contribution in [-0.4, -0.2) is 77.3 Å². The third-order valence-corrected chi connectivity index (χ3v) is 5.95. The summed E-state index contributed by atoms with van der Waals surface area (Å²) in [5, 5.41) is 12.7. The van der Waals surface area contributed by atoms with E-state index < -0.39 is 0 Å². The molecule has 3 atom stereocenters. The average Bonchev–Trinajstić information content (AvgIpc) is 2.84. The maximum absolute atomic E-state index is 13.5. The first-order chi connectivity index (χ1) is 15.8. The number of benzene rings is 1. The van der Waals surface area contributed by atoms with Crippen molar-refractivity contribution in [2.24, 2.45) is 5.92 Å². The van der Waals surface area contributed by atoms with Crippen molar-refractivity contribution in [1.82, 2.24) is 20.1 Å². The van der Waals surface area contributed by atoms with Gasteiger partial charge in [0.15, 0.2) is 0 Å². The van der Waals surface area contributed by atoms with Crippen LogP contribution in [-0.2, 0) is 0 Å². The van der Waals surface area contributed by atoms with Crippen molar-refractivity contribution in [3.63, 3.8) is 0 Å². The molecule has 1 aliphatic heterocycles. The normalized spacial score (nSPS) is 19.1. The Morgan fingerprint density at radius 1 is 1.33 bits per heavy atom. The molecule has 1 aliphatic rings. The van der Waals surface area contributed by atoms with Crippen LogP contribution in [0.25, 0.3) is 11.1 Å². The molecule has 0 saturated carbocycles. The van der Waals surface area contributed by atoms with E-state index >= 15 is 0 Å². The Morgan fingerprint density at radius 2 is 2.06 bits per heavy atom. The van der Waals surface area contributed by atoms with Gasteiger partial charge in [-0.1, -0.05) is 44.2 Å². The Labute approximate surface area is 195 Å². The maximum Gasteiger partial charge on any atom is 0.317 e. The molecule has 1 aromatic carbocycles. The van der Waals surface area contributed by atoms with Crippen LogP contribution in [0.1, 0.15) is 37.6 Å². The van der Waals surface area contributed by atoms with Crippen molar-refractivity contribution in [3.8, 4) is 17.0 Å². The number of nitrogens with zero attached hydrogens (tertiary/aromatic N) is 3. The molecule has 33 heavy (non-hydrogen) atoms. The van der Waals surface area contributed by atoms with Crippen LogP contribution in [0, 0.1) is 5.92 Å². The number of amides is 3. The Hall–Kier alpha value is -3.13. The molecular formula is C25H34N4O4. The standard InChI is InChI=1S/C25H34N4O4/c1-5-11-26-25(32)28(4)15-22-17(2)14-29(18(3)16-30)24(31)21-12-20(13-27-23(21)33-22)19-9-7-6-8-10-19/h6-10,12-13,17-18,22,30H,5,11,14-16H2,1-4H3,(H,26,32)/t17-,18-,22+/m0/s1. The number of ether oxygens (including phenoxy) is 1. The molecule has 178 valence electrons. The number of nitrogens with one attached hydrogen (secondary N) is 1. The highest BCUT2D eigenvalue weighted by molar-refractivity contribution is 5.98. The van der Waals surface area contributed by atoms with E-state index in [0.717, 1.165) is 17.5 Å². The molecule has 3 rings (SSSR count). The van der Waals surface area contributed by atoms with Gasteiger partial charge in [-0.05, 0) is 25.0 Å². The van der Waals surface area contributed by atoms with Gasteiger partial charge >= 0.3 is 6.03 Å². The van der Waals surface area contributed by atoms with Gasteiger partial charge < -0.3 is 25.0 Å². The van der Waals surface area contributed by atoms with E-state index in [1.165, 1.54) is 0 Å². The summed E-state index contributed by atoms with van der Waals surface area (Å²) in [4.78, 5) is 33.7. The Morgan fingerprint density at radius 3 is 2.73 bits per heavy atom. The summed E-state index contributed by atoms with van der Waals surface area (Å²) < 4.78 is 6.25. The monoisotopic (exact) mass is 454 g/mol. The highest BCUT2D eigenvalue weighted by Gasteiger charge is 2.34. The summed E-state index contributed by atoms with van der Waals surface area (Å²) in [5.74, 6) is -0.0713. The van der Waals surface area contributed by atoms with Crippen molar-refractivity contribution in [3.05, 3.63) is 48.2 Å². The quantitative estimate of drug-likeness (QED) is 0.671. The highest BCUT2D eigenvalue weighted by Crippen LogP contribution is 2.30. The zero-order valence-corrected chi connectivity index (χ0v) is 19.8. The van der Waals surface area contributed by atoms with Gasteiger partial charge in [0.1, 0.15) is 11.7 Å². The van der Waals surface area contributed by atoms with Gasteiger partial charge in [-0.2, -0.15) is 0 Å². The van der Waals surface area contributed by atoms with Crippen molar-refractivity contribution in [2.45, 2.75) is 39.3 Å². The molecule has 0 saturated heterocycles. The number of fused-ring (bicyclic) bond motifs is 1. The van der Waals surface area contributed by atoms with Gasteiger partial charge in [-0.15, -0.1) is 0 Å². The third-order valence-electron chi connectivity index (χ3n) is 5.95. The van der Waals surface area contributed by atoms with E-state index in [-0.39, 0.29) is 42.5 Å². The van der Waals surface area contributed by atoms with E-state index in [0.29, 0.717) is 25.2 Å². The fraction of sp³-hybridized carbons (Fsp3) is 0.480. The van der Waals surface area contributed by atoms with Crippen LogP contribution < -0.4 is 10.1 Å². The minimum Gasteiger partial charge on any atom is -0.472 e. The molecule has 3 amide bonds. The van der Waals surface area contributed by atoms with E-state index in [1.54, 1.807) is 29.1 Å². The van der Waals surface area contributed by atoms with Gasteiger partial charge in [0, 0.05) is 37.8 Å². The van der Waals surface area contributed by atoms with Gasteiger partial charge in [0.2, 0.25) is 5.88 Å². The van der Waals surface area contributed by atoms with Gasteiger partial charge in [0.25, 0.3) is 5.91 Å². The van der Waals surface area contributed by atoms with Crippen LogP contribution in [0.5, 0.6) is 5.88 Å². The topological polar surface area (TPSA) is 95.0 Å². The second-order valence-electron chi connectivity index (χ2n) is 8.68. The first-order valence-electron chi connectivity index (χ1n) is 11.5. The minimum absolute atomic E-state index is 0.0897. The molecule has 0 aliphatic carbocycles. The number of carbonyl (C=O) groups is 2. The Bertz CT molecular complexity index is 953. The molecule has 2 aromatic rings. The lowest BCUT2D eigenvalue weighted by Crippen LogP contribution is -2.51. The fourth-order valence-corrected chi connectivity index (χ4v) is 3.83. The highest BCUT2D eigenvalue weighted by atomic mass is 16.5. The van der Waals surface area contributed by atoms with E-state index in [1.807, 2.05) is 51.1 Å². The lowest BCUT2D eigenvalue weighted by molar-refractivity contribution is 0.0352. The first-order valence-corrected chi connectivity index (χ1v) is 11.5. The Kier molecular flexibility index (Phi) is 8.27. The number of aliphatic hydroxyl groups excluding tert-OH is 1. The number of aromatic nitrogens is 1. The van der Waals surface area contributed by atoms with Gasteiger partial charge in [-0.25, -0.2) is 9.78 Å². The lowest BCUT2D eigenvalue weighted by Gasteiger charge is -2.37. The summed E-state index contributed by atoms with van der Waals surface area (Å²) in [6, 6.07) is 11.0. The summed E-state index contributed by atoms with van der Waals surface area (Å²) >= 11 is 0. The minimum atomic E-state index is -0.377. The van der Waals surface area contributed by atoms with E-state index in [9.17, 15) is 14.7 Å². The predicted molar refractivity (Wildman–Crippen MR) is 127 cm³/mol.